The summed E-state index contributed by atoms with van der Waals surface area (Å²) in [5.74, 6) is -0.0746. The number of ether oxygens (including phenoxy) is 2. The number of fused-ring (bicyclic) bond motifs is 1. The highest BCUT2D eigenvalue weighted by atomic mass is 32.1. The van der Waals surface area contributed by atoms with Crippen molar-refractivity contribution in [1.29, 1.82) is 0 Å². The summed E-state index contributed by atoms with van der Waals surface area (Å²) >= 11 is 1.33. The van der Waals surface area contributed by atoms with E-state index in [1.807, 2.05) is 25.1 Å². The van der Waals surface area contributed by atoms with E-state index in [-0.39, 0.29) is 23.8 Å². The molecule has 1 aliphatic heterocycles. The van der Waals surface area contributed by atoms with Crippen LogP contribution in [0.2, 0.25) is 0 Å². The predicted octanol–water partition coefficient (Wildman–Crippen LogP) is 3.93. The van der Waals surface area contributed by atoms with Gasteiger partial charge in [-0.3, -0.25) is 20.2 Å². The molecule has 2 aromatic carbocycles. The number of nitro benzene ring substituents is 1. The van der Waals surface area contributed by atoms with Gasteiger partial charge >= 0.3 is 0 Å². The van der Waals surface area contributed by atoms with Gasteiger partial charge in [-0.15, -0.1) is 11.3 Å². The number of rotatable bonds is 5. The summed E-state index contributed by atoms with van der Waals surface area (Å²) in [6.07, 6.45) is 2.38. The van der Waals surface area contributed by atoms with Crippen LogP contribution in [0.3, 0.4) is 0 Å². The van der Waals surface area contributed by atoms with E-state index in [0.29, 0.717) is 17.3 Å². The average Bonchev–Trinajstić information content (AvgIpc) is 3.29. The molecule has 0 saturated carbocycles. The third kappa shape index (κ3) is 3.65. The Morgan fingerprint density at radius 1 is 1.29 bits per heavy atom. The highest BCUT2D eigenvalue weighted by molar-refractivity contribution is 7.15. The second-order valence-electron chi connectivity index (χ2n) is 6.23. The number of thiazole rings is 1. The van der Waals surface area contributed by atoms with Gasteiger partial charge in [-0.25, -0.2) is 4.98 Å². The maximum Gasteiger partial charge on any atom is 0.286 e. The largest absolute Gasteiger partial charge is 0.454 e. The van der Waals surface area contributed by atoms with Gasteiger partial charge in [0.15, 0.2) is 16.6 Å². The highest BCUT2D eigenvalue weighted by Crippen LogP contribution is 2.38. The van der Waals surface area contributed by atoms with E-state index in [4.69, 9.17) is 9.47 Å². The smallest absolute Gasteiger partial charge is 0.286 e. The van der Waals surface area contributed by atoms with E-state index in [2.05, 4.69) is 16.4 Å². The van der Waals surface area contributed by atoms with Crippen molar-refractivity contribution >= 4 is 28.1 Å². The number of nitrogens with one attached hydrogen (secondary N) is 1. The van der Waals surface area contributed by atoms with Crippen LogP contribution in [0.15, 0.2) is 42.6 Å². The third-order valence-corrected chi connectivity index (χ3v) is 5.08. The summed E-state index contributed by atoms with van der Waals surface area (Å²) in [7, 11) is 0. The summed E-state index contributed by atoms with van der Waals surface area (Å²) < 4.78 is 10.4. The third-order valence-electron chi connectivity index (χ3n) is 4.17. The molecule has 0 spiro atoms. The number of hydrogen-bond acceptors (Lipinski definition) is 7. The summed E-state index contributed by atoms with van der Waals surface area (Å²) in [5, 5.41) is 14.3. The van der Waals surface area contributed by atoms with Crippen LogP contribution in [0.4, 0.5) is 10.8 Å². The maximum atomic E-state index is 12.6. The second kappa shape index (κ2) is 7.28. The van der Waals surface area contributed by atoms with Gasteiger partial charge in [-0.1, -0.05) is 29.8 Å². The molecule has 0 bridgehead atoms. The van der Waals surface area contributed by atoms with E-state index in [9.17, 15) is 14.9 Å². The Morgan fingerprint density at radius 3 is 2.82 bits per heavy atom. The number of nitro groups is 1. The summed E-state index contributed by atoms with van der Waals surface area (Å²) in [6.45, 7) is 1.99. The number of anilines is 1. The Labute approximate surface area is 163 Å². The highest BCUT2D eigenvalue weighted by Gasteiger charge is 2.27. The van der Waals surface area contributed by atoms with Crippen molar-refractivity contribution in [2.24, 2.45) is 0 Å². The predicted molar refractivity (Wildman–Crippen MR) is 103 cm³/mol. The number of amides is 1. The Hall–Kier alpha value is -3.46. The molecular formula is C19H15N3O5S. The first kappa shape index (κ1) is 17.9. The first-order valence-electron chi connectivity index (χ1n) is 8.39. The number of aromatic nitrogens is 1. The zero-order chi connectivity index (χ0) is 19.7. The lowest BCUT2D eigenvalue weighted by molar-refractivity contribution is -0.385. The average molecular weight is 397 g/mol. The molecule has 1 amide bonds. The van der Waals surface area contributed by atoms with Gasteiger partial charge in [-0.05, 0) is 12.5 Å². The summed E-state index contributed by atoms with van der Waals surface area (Å²) in [5.41, 5.74) is 1.86. The van der Waals surface area contributed by atoms with Crippen LogP contribution in [-0.4, -0.2) is 22.6 Å². The zero-order valence-corrected chi connectivity index (χ0v) is 15.6. The molecule has 1 aliphatic rings. The molecule has 9 heteroatoms. The molecule has 0 atom stereocenters. The maximum absolute atomic E-state index is 12.6. The van der Waals surface area contributed by atoms with Crippen molar-refractivity contribution in [3.63, 3.8) is 0 Å². The number of benzene rings is 2. The number of carbonyl (C=O) groups is 1. The summed E-state index contributed by atoms with van der Waals surface area (Å²) in [6, 6.07) is 10.7. The SMILES string of the molecule is Cc1cccc(Cc2cnc(NC(=O)c3cc4c(cc3[N+](=O)[O-])OCO4)s2)c1. The van der Waals surface area contributed by atoms with E-state index in [0.717, 1.165) is 10.4 Å². The molecule has 3 aromatic rings. The molecule has 1 N–H and O–H groups in total. The molecule has 0 fully saturated rings. The molecule has 1 aromatic heterocycles. The molecule has 0 unspecified atom stereocenters. The lowest BCUT2D eigenvalue weighted by atomic mass is 10.1. The van der Waals surface area contributed by atoms with Crippen molar-refractivity contribution < 1.29 is 19.2 Å². The Morgan fingerprint density at radius 2 is 2.07 bits per heavy atom. The topological polar surface area (TPSA) is 104 Å². The molecule has 28 heavy (non-hydrogen) atoms. The van der Waals surface area contributed by atoms with Gasteiger partial charge in [0.25, 0.3) is 11.6 Å². The second-order valence-corrected chi connectivity index (χ2v) is 7.35. The number of aryl methyl sites for hydroxylation is 1. The van der Waals surface area contributed by atoms with E-state index >= 15 is 0 Å². The van der Waals surface area contributed by atoms with E-state index < -0.39 is 10.8 Å². The molecule has 0 saturated heterocycles. The molecule has 4 rings (SSSR count). The van der Waals surface area contributed by atoms with Gasteiger partial charge in [0, 0.05) is 23.6 Å². The van der Waals surface area contributed by atoms with Crippen molar-refractivity contribution in [2.75, 3.05) is 12.1 Å². The molecule has 8 nitrogen and oxygen atoms in total. The van der Waals surface area contributed by atoms with Crippen molar-refractivity contribution in [3.05, 3.63) is 74.3 Å². The molecule has 0 radical (unpaired) electrons. The Kier molecular flexibility index (Phi) is 4.66. The standard InChI is InChI=1S/C19H15N3O5S/c1-11-3-2-4-12(5-11)6-13-9-20-19(28-13)21-18(23)14-7-16-17(27-10-26-16)8-15(14)22(24)25/h2-5,7-9H,6,10H2,1H3,(H,20,21,23). The van der Waals surface area contributed by atoms with Crippen molar-refractivity contribution in [3.8, 4) is 11.5 Å². The fourth-order valence-electron chi connectivity index (χ4n) is 2.90. The van der Waals surface area contributed by atoms with Crippen LogP contribution >= 0.6 is 11.3 Å². The van der Waals surface area contributed by atoms with Crippen LogP contribution in [0.25, 0.3) is 0 Å². The van der Waals surface area contributed by atoms with Gasteiger partial charge in [0.1, 0.15) is 5.56 Å². The minimum absolute atomic E-state index is 0.0354. The number of hydrogen-bond donors (Lipinski definition) is 1. The van der Waals surface area contributed by atoms with Gasteiger partial charge in [-0.2, -0.15) is 0 Å². The monoisotopic (exact) mass is 397 g/mol. The van der Waals surface area contributed by atoms with Crippen molar-refractivity contribution in [2.45, 2.75) is 13.3 Å². The molecular weight excluding hydrogens is 382 g/mol. The number of nitrogens with zero attached hydrogens (tertiary/aromatic N) is 2. The van der Waals surface area contributed by atoms with Gasteiger partial charge in [0.05, 0.1) is 11.0 Å². The zero-order valence-electron chi connectivity index (χ0n) is 14.8. The fourth-order valence-corrected chi connectivity index (χ4v) is 3.74. The lowest BCUT2D eigenvalue weighted by Crippen LogP contribution is -2.13. The summed E-state index contributed by atoms with van der Waals surface area (Å²) in [4.78, 5) is 28.5. The van der Waals surface area contributed by atoms with Gasteiger partial charge in [0.2, 0.25) is 6.79 Å². The lowest BCUT2D eigenvalue weighted by Gasteiger charge is -2.05. The first-order valence-corrected chi connectivity index (χ1v) is 9.21. The van der Waals surface area contributed by atoms with Crippen LogP contribution < -0.4 is 14.8 Å². The van der Waals surface area contributed by atoms with Crippen molar-refractivity contribution in [1.82, 2.24) is 4.98 Å². The normalized spacial score (nSPS) is 12.0. The van der Waals surface area contributed by atoms with Crippen LogP contribution in [0.1, 0.15) is 26.4 Å². The number of carbonyl (C=O) groups excluding carboxylic acids is 1. The first-order chi connectivity index (χ1) is 13.5. The minimum atomic E-state index is -0.624. The van der Waals surface area contributed by atoms with Crippen LogP contribution in [0, 0.1) is 17.0 Å². The minimum Gasteiger partial charge on any atom is -0.454 e. The fraction of sp³-hybridized carbons (Fsp3) is 0.158. The quantitative estimate of drug-likeness (QED) is 0.517. The van der Waals surface area contributed by atoms with Crippen LogP contribution in [0.5, 0.6) is 11.5 Å². The Bertz CT molecular complexity index is 1080. The van der Waals surface area contributed by atoms with Crippen LogP contribution in [-0.2, 0) is 6.42 Å². The molecule has 142 valence electrons. The molecule has 0 aliphatic carbocycles. The van der Waals surface area contributed by atoms with Gasteiger partial charge < -0.3 is 9.47 Å². The Balaban J connectivity index is 1.53. The van der Waals surface area contributed by atoms with E-state index in [1.165, 1.54) is 29.0 Å². The molecule has 2 heterocycles. The van der Waals surface area contributed by atoms with E-state index in [1.54, 1.807) is 6.20 Å².